The van der Waals surface area contributed by atoms with E-state index in [4.69, 9.17) is 17.3 Å². The van der Waals surface area contributed by atoms with Crippen LogP contribution >= 0.6 is 24.0 Å². The Bertz CT molecular complexity index is 374. The zero-order valence-electron chi connectivity index (χ0n) is 8.57. The van der Waals surface area contributed by atoms with E-state index in [-0.39, 0.29) is 23.9 Å². The molecule has 0 radical (unpaired) electrons. The predicted molar refractivity (Wildman–Crippen MR) is 62.2 cm³/mol. The molecule has 0 aliphatic heterocycles. The topological polar surface area (TPSA) is 52.3 Å². The van der Waals surface area contributed by atoms with Gasteiger partial charge in [-0.05, 0) is 17.7 Å². The minimum atomic E-state index is -0.579. The molecule has 1 aromatic carbocycles. The highest BCUT2D eigenvalue weighted by Crippen LogP contribution is 2.20. The van der Waals surface area contributed by atoms with Crippen molar-refractivity contribution in [2.75, 3.05) is 7.11 Å². The second kappa shape index (κ2) is 6.68. The summed E-state index contributed by atoms with van der Waals surface area (Å²) < 4.78 is 17.5. The molecule has 6 heteroatoms. The van der Waals surface area contributed by atoms with E-state index in [2.05, 4.69) is 4.74 Å². The number of hydrogen-bond donors (Lipinski definition) is 1. The maximum atomic E-state index is 13.1. The van der Waals surface area contributed by atoms with Gasteiger partial charge >= 0.3 is 5.97 Å². The first-order valence-electron chi connectivity index (χ1n) is 4.32. The molecule has 0 heterocycles. The van der Waals surface area contributed by atoms with Crippen LogP contribution in [0.5, 0.6) is 0 Å². The van der Waals surface area contributed by atoms with E-state index in [0.717, 1.165) is 0 Å². The van der Waals surface area contributed by atoms with Gasteiger partial charge in [0.1, 0.15) is 5.82 Å². The van der Waals surface area contributed by atoms with Gasteiger partial charge in [-0.25, -0.2) is 4.39 Å². The Balaban J connectivity index is 0.00000225. The lowest BCUT2D eigenvalue weighted by molar-refractivity contribution is -0.141. The highest BCUT2D eigenvalue weighted by molar-refractivity contribution is 6.30. The summed E-state index contributed by atoms with van der Waals surface area (Å²) in [4.78, 5) is 10.9. The lowest BCUT2D eigenvalue weighted by Gasteiger charge is -2.10. The van der Waals surface area contributed by atoms with Gasteiger partial charge in [-0.2, -0.15) is 0 Å². The number of esters is 1. The van der Waals surface area contributed by atoms with E-state index in [9.17, 15) is 9.18 Å². The largest absolute Gasteiger partial charge is 0.469 e. The highest BCUT2D eigenvalue weighted by Gasteiger charge is 2.13. The number of halogens is 3. The molecule has 1 aromatic rings. The lowest BCUT2D eigenvalue weighted by Crippen LogP contribution is -2.16. The van der Waals surface area contributed by atoms with Crippen LogP contribution in [0.4, 0.5) is 4.39 Å². The molecule has 0 aliphatic rings. The van der Waals surface area contributed by atoms with Gasteiger partial charge < -0.3 is 10.5 Å². The molecule has 0 saturated carbocycles. The van der Waals surface area contributed by atoms with Gasteiger partial charge in [0.2, 0.25) is 0 Å². The van der Waals surface area contributed by atoms with Crippen LogP contribution in [0.2, 0.25) is 5.02 Å². The van der Waals surface area contributed by atoms with Crippen LogP contribution in [0.3, 0.4) is 0 Å². The van der Waals surface area contributed by atoms with Gasteiger partial charge in [-0.3, -0.25) is 4.79 Å². The van der Waals surface area contributed by atoms with Crippen molar-refractivity contribution in [1.82, 2.24) is 0 Å². The minimum Gasteiger partial charge on any atom is -0.469 e. The van der Waals surface area contributed by atoms with Crippen LogP contribution in [0.25, 0.3) is 0 Å². The van der Waals surface area contributed by atoms with Crippen molar-refractivity contribution in [2.24, 2.45) is 5.73 Å². The van der Waals surface area contributed by atoms with Crippen molar-refractivity contribution in [3.8, 4) is 0 Å². The Kier molecular flexibility index (Phi) is 6.33. The molecule has 0 fully saturated rings. The lowest BCUT2D eigenvalue weighted by atomic mass is 10.0. The summed E-state index contributed by atoms with van der Waals surface area (Å²) in [6.07, 6.45) is 0.0115. The van der Waals surface area contributed by atoms with Crippen molar-refractivity contribution in [3.05, 3.63) is 34.6 Å². The number of rotatable bonds is 3. The number of carbonyl (C=O) groups excluding carboxylic acids is 1. The van der Waals surface area contributed by atoms with Gasteiger partial charge in [0.25, 0.3) is 0 Å². The monoisotopic (exact) mass is 267 g/mol. The number of methoxy groups -OCH3 is 1. The molecule has 0 bridgehead atoms. The van der Waals surface area contributed by atoms with Crippen molar-refractivity contribution in [1.29, 1.82) is 0 Å². The Hall–Kier alpha value is -0.840. The second-order valence-electron chi connectivity index (χ2n) is 3.06. The molecule has 0 spiro atoms. The van der Waals surface area contributed by atoms with Crippen LogP contribution in [0.1, 0.15) is 18.0 Å². The molecule has 1 unspecified atom stereocenters. The Labute approximate surface area is 104 Å². The van der Waals surface area contributed by atoms with E-state index in [1.807, 2.05) is 0 Å². The molecule has 0 amide bonds. The number of ether oxygens (including phenoxy) is 1. The van der Waals surface area contributed by atoms with Crippen LogP contribution in [0, 0.1) is 5.82 Å². The van der Waals surface area contributed by atoms with Crippen LogP contribution in [-0.4, -0.2) is 13.1 Å². The molecule has 16 heavy (non-hydrogen) atoms. The zero-order valence-corrected chi connectivity index (χ0v) is 10.1. The van der Waals surface area contributed by atoms with E-state index < -0.39 is 17.8 Å². The van der Waals surface area contributed by atoms with E-state index in [0.29, 0.717) is 5.56 Å². The molecule has 3 nitrogen and oxygen atoms in total. The summed E-state index contributed by atoms with van der Waals surface area (Å²) in [5.41, 5.74) is 6.20. The fraction of sp³-hybridized carbons (Fsp3) is 0.300. The predicted octanol–water partition coefficient (Wildman–Crippen LogP) is 2.46. The summed E-state index contributed by atoms with van der Waals surface area (Å²) in [6.45, 7) is 0. The Morgan fingerprint density at radius 2 is 2.25 bits per heavy atom. The van der Waals surface area contributed by atoms with Crippen LogP contribution in [-0.2, 0) is 9.53 Å². The molecular weight excluding hydrogens is 256 g/mol. The minimum absolute atomic E-state index is 0. The van der Waals surface area contributed by atoms with Gasteiger partial charge in [-0.15, -0.1) is 12.4 Å². The van der Waals surface area contributed by atoms with Crippen LogP contribution in [0.15, 0.2) is 18.2 Å². The fourth-order valence-corrected chi connectivity index (χ4v) is 1.24. The molecule has 0 aromatic heterocycles. The van der Waals surface area contributed by atoms with E-state index >= 15 is 0 Å². The molecule has 1 rings (SSSR count). The summed E-state index contributed by atoms with van der Waals surface area (Å²) in [7, 11) is 1.28. The van der Waals surface area contributed by atoms with Gasteiger partial charge in [0.15, 0.2) is 0 Å². The van der Waals surface area contributed by atoms with Crippen LogP contribution < -0.4 is 5.73 Å². The average molecular weight is 268 g/mol. The van der Waals surface area contributed by atoms with Crippen molar-refractivity contribution < 1.29 is 13.9 Å². The van der Waals surface area contributed by atoms with Gasteiger partial charge in [0, 0.05) is 6.04 Å². The maximum absolute atomic E-state index is 13.1. The highest BCUT2D eigenvalue weighted by atomic mass is 35.5. The molecular formula is C10H12Cl2FNO2. The molecule has 0 saturated heterocycles. The van der Waals surface area contributed by atoms with Crippen molar-refractivity contribution in [3.63, 3.8) is 0 Å². The van der Waals surface area contributed by atoms with Gasteiger partial charge in [-0.1, -0.05) is 17.7 Å². The van der Waals surface area contributed by atoms with Crippen molar-refractivity contribution in [2.45, 2.75) is 12.5 Å². The smallest absolute Gasteiger partial charge is 0.307 e. The third-order valence-electron chi connectivity index (χ3n) is 1.99. The average Bonchev–Trinajstić information content (AvgIpc) is 2.21. The normalized spacial score (nSPS) is 11.5. The molecule has 2 N–H and O–H groups in total. The molecule has 0 aliphatic carbocycles. The number of carbonyl (C=O) groups is 1. The summed E-state index contributed by atoms with van der Waals surface area (Å²) in [5, 5.41) is 0.0315. The zero-order chi connectivity index (χ0) is 11.4. The van der Waals surface area contributed by atoms with E-state index in [1.54, 1.807) is 6.07 Å². The summed E-state index contributed by atoms with van der Waals surface area (Å²) in [5.74, 6) is -0.979. The van der Waals surface area contributed by atoms with Crippen molar-refractivity contribution >= 4 is 30.0 Å². The Morgan fingerprint density at radius 3 is 2.75 bits per heavy atom. The van der Waals surface area contributed by atoms with Gasteiger partial charge in [0.05, 0.1) is 18.6 Å². The summed E-state index contributed by atoms with van der Waals surface area (Å²) >= 11 is 5.51. The summed E-state index contributed by atoms with van der Waals surface area (Å²) in [6, 6.07) is 3.63. The first kappa shape index (κ1) is 15.2. The number of nitrogens with two attached hydrogens (primary N) is 1. The maximum Gasteiger partial charge on any atom is 0.307 e. The molecule has 1 atom stereocenters. The third kappa shape index (κ3) is 3.96. The second-order valence-corrected chi connectivity index (χ2v) is 3.47. The number of hydrogen-bond acceptors (Lipinski definition) is 3. The first-order valence-corrected chi connectivity index (χ1v) is 4.69. The first-order chi connectivity index (χ1) is 7.04. The standard InChI is InChI=1S/C10H11ClFNO2.ClH/c1-15-10(14)5-9(13)6-2-3-7(11)8(12)4-6;/h2-4,9H,5,13H2,1H3;1H. The fourth-order valence-electron chi connectivity index (χ4n) is 1.12. The SMILES string of the molecule is COC(=O)CC(N)c1ccc(Cl)c(F)c1.Cl. The Morgan fingerprint density at radius 1 is 1.62 bits per heavy atom. The number of benzene rings is 1. The van der Waals surface area contributed by atoms with E-state index in [1.165, 1.54) is 19.2 Å². The third-order valence-corrected chi connectivity index (χ3v) is 2.29. The quantitative estimate of drug-likeness (QED) is 0.857. The molecule has 90 valence electrons.